The van der Waals surface area contributed by atoms with Crippen LogP contribution in [0.1, 0.15) is 41.6 Å². The number of fused-ring (bicyclic) bond motifs is 1. The monoisotopic (exact) mass is 412 g/mol. The summed E-state index contributed by atoms with van der Waals surface area (Å²) in [6, 6.07) is 12.9. The number of hydrogen-bond acceptors (Lipinski definition) is 3. The number of halogens is 1. The van der Waals surface area contributed by atoms with Crippen molar-refractivity contribution in [3.05, 3.63) is 63.5 Å². The number of carbonyl (C=O) groups is 2. The lowest BCUT2D eigenvalue weighted by Gasteiger charge is -2.23. The third-order valence-electron chi connectivity index (χ3n) is 4.96. The van der Waals surface area contributed by atoms with E-state index in [2.05, 4.69) is 5.32 Å². The first kappa shape index (κ1) is 19.1. The Morgan fingerprint density at radius 1 is 1.07 bits per heavy atom. The van der Waals surface area contributed by atoms with Gasteiger partial charge in [0.1, 0.15) is 0 Å². The van der Waals surface area contributed by atoms with Gasteiger partial charge in [-0.25, -0.2) is 0 Å². The van der Waals surface area contributed by atoms with Gasteiger partial charge in [-0.2, -0.15) is 0 Å². The quantitative estimate of drug-likeness (QED) is 0.668. The normalized spacial score (nSPS) is 18.4. The van der Waals surface area contributed by atoms with Gasteiger partial charge in [-0.1, -0.05) is 48.3 Å². The van der Waals surface area contributed by atoms with Crippen molar-refractivity contribution in [2.24, 2.45) is 0 Å². The van der Waals surface area contributed by atoms with Crippen LogP contribution in [0.15, 0.2) is 52.3 Å². The third kappa shape index (κ3) is 4.26. The van der Waals surface area contributed by atoms with Crippen LogP contribution >= 0.6 is 23.4 Å². The topological polar surface area (TPSA) is 49.4 Å². The molecular weight excluding hydrogens is 392 g/mol. The molecule has 2 aliphatic heterocycles. The Balaban J connectivity index is 1.56. The molecule has 2 aliphatic rings. The third-order valence-corrected chi connectivity index (χ3v) is 6.29. The van der Waals surface area contributed by atoms with Crippen LogP contribution in [0.3, 0.4) is 0 Å². The molecule has 4 nitrogen and oxygen atoms in total. The molecule has 4 rings (SSSR count). The number of carbonyl (C=O) groups excluding carboxylic acids is 2. The molecule has 2 aromatic carbocycles. The van der Waals surface area contributed by atoms with Crippen molar-refractivity contribution in [1.29, 1.82) is 0 Å². The van der Waals surface area contributed by atoms with Crippen molar-refractivity contribution in [2.45, 2.75) is 30.6 Å². The first-order valence-corrected chi connectivity index (χ1v) is 10.7. The van der Waals surface area contributed by atoms with E-state index < -0.39 is 0 Å². The number of anilines is 1. The fourth-order valence-corrected chi connectivity index (χ4v) is 4.63. The molecule has 0 bridgehead atoms. The van der Waals surface area contributed by atoms with E-state index in [0.29, 0.717) is 21.2 Å². The summed E-state index contributed by atoms with van der Waals surface area (Å²) in [5.41, 5.74) is 2.20. The van der Waals surface area contributed by atoms with Crippen molar-refractivity contribution < 1.29 is 9.59 Å². The highest BCUT2D eigenvalue weighted by Crippen LogP contribution is 2.39. The molecule has 2 amide bonds. The van der Waals surface area contributed by atoms with Crippen molar-refractivity contribution in [3.8, 4) is 0 Å². The van der Waals surface area contributed by atoms with Gasteiger partial charge < -0.3 is 10.2 Å². The van der Waals surface area contributed by atoms with Crippen molar-refractivity contribution in [2.75, 3.05) is 18.4 Å². The Hall–Kier alpha value is -2.24. The zero-order valence-electron chi connectivity index (χ0n) is 15.4. The molecule has 1 saturated heterocycles. The molecule has 2 aromatic rings. The van der Waals surface area contributed by atoms with Crippen LogP contribution in [-0.2, 0) is 4.79 Å². The molecule has 2 heterocycles. The standard InChI is InChI=1S/C22H21ClN2O2S/c23-17-7-5-6-15(12-17)13-20-21(26)24-18-14-16(8-9-19(18)28-20)22(27)25-10-3-1-2-4-11-25/h5-9,12-14H,1-4,10-11H2,(H,24,26). The second kappa shape index (κ2) is 8.41. The minimum atomic E-state index is -0.170. The largest absolute Gasteiger partial charge is 0.339 e. The second-order valence-electron chi connectivity index (χ2n) is 7.04. The van der Waals surface area contributed by atoms with Crippen LogP contribution in [0.2, 0.25) is 5.02 Å². The fourth-order valence-electron chi connectivity index (χ4n) is 3.50. The molecule has 0 atom stereocenters. The van der Waals surface area contributed by atoms with E-state index in [0.717, 1.165) is 36.4 Å². The number of rotatable bonds is 2. The zero-order valence-corrected chi connectivity index (χ0v) is 17.0. The molecular formula is C22H21ClN2O2S. The molecule has 144 valence electrons. The summed E-state index contributed by atoms with van der Waals surface area (Å²) in [7, 11) is 0. The van der Waals surface area contributed by atoms with Gasteiger partial charge in [0, 0.05) is 28.6 Å². The molecule has 0 aromatic heterocycles. The first-order valence-electron chi connectivity index (χ1n) is 9.50. The Kier molecular flexibility index (Phi) is 5.74. The summed E-state index contributed by atoms with van der Waals surface area (Å²) >= 11 is 7.43. The summed E-state index contributed by atoms with van der Waals surface area (Å²) in [5, 5.41) is 3.56. The Morgan fingerprint density at radius 2 is 1.86 bits per heavy atom. The van der Waals surface area contributed by atoms with E-state index in [-0.39, 0.29) is 11.8 Å². The van der Waals surface area contributed by atoms with Crippen molar-refractivity contribution in [1.82, 2.24) is 4.90 Å². The molecule has 28 heavy (non-hydrogen) atoms. The van der Waals surface area contributed by atoms with Gasteiger partial charge in [0.15, 0.2) is 0 Å². The maximum absolute atomic E-state index is 12.8. The van der Waals surface area contributed by atoms with Crippen LogP contribution in [0.25, 0.3) is 6.08 Å². The van der Waals surface area contributed by atoms with Crippen LogP contribution in [-0.4, -0.2) is 29.8 Å². The fraction of sp³-hybridized carbons (Fsp3) is 0.273. The van der Waals surface area contributed by atoms with Crippen molar-refractivity contribution >= 4 is 46.9 Å². The lowest BCUT2D eigenvalue weighted by atomic mass is 10.1. The van der Waals surface area contributed by atoms with Crippen LogP contribution < -0.4 is 5.32 Å². The maximum atomic E-state index is 12.8. The summed E-state index contributed by atoms with van der Waals surface area (Å²) in [4.78, 5) is 28.8. The molecule has 0 radical (unpaired) electrons. The smallest absolute Gasteiger partial charge is 0.262 e. The predicted octanol–water partition coefficient (Wildman–Crippen LogP) is 5.44. The summed E-state index contributed by atoms with van der Waals surface area (Å²) in [5.74, 6) is -0.124. The Morgan fingerprint density at radius 3 is 2.61 bits per heavy atom. The highest BCUT2D eigenvalue weighted by molar-refractivity contribution is 8.04. The van der Waals surface area contributed by atoms with Crippen LogP contribution in [0, 0.1) is 0 Å². The average molecular weight is 413 g/mol. The molecule has 1 N–H and O–H groups in total. The van der Waals surface area contributed by atoms with Crippen LogP contribution in [0.5, 0.6) is 0 Å². The summed E-state index contributed by atoms with van der Waals surface area (Å²) in [6.07, 6.45) is 6.30. The van der Waals surface area contributed by atoms with Gasteiger partial charge in [-0.15, -0.1) is 0 Å². The second-order valence-corrected chi connectivity index (χ2v) is 8.56. The zero-order chi connectivity index (χ0) is 19.5. The van der Waals surface area contributed by atoms with E-state index in [4.69, 9.17) is 11.6 Å². The maximum Gasteiger partial charge on any atom is 0.262 e. The number of likely N-dealkylation sites (tertiary alicyclic amines) is 1. The van der Waals surface area contributed by atoms with E-state index >= 15 is 0 Å². The SMILES string of the molecule is O=C1Nc2cc(C(=O)N3CCCCCC3)ccc2SC1=Cc1cccc(Cl)c1. The van der Waals surface area contributed by atoms with Gasteiger partial charge in [0.2, 0.25) is 0 Å². The number of amides is 2. The lowest BCUT2D eigenvalue weighted by Crippen LogP contribution is -2.32. The van der Waals surface area contributed by atoms with E-state index in [1.807, 2.05) is 41.3 Å². The van der Waals surface area contributed by atoms with Gasteiger partial charge in [0.05, 0.1) is 10.6 Å². The number of thioether (sulfide) groups is 1. The van der Waals surface area contributed by atoms with E-state index in [1.165, 1.54) is 24.6 Å². The molecule has 6 heteroatoms. The summed E-state index contributed by atoms with van der Waals surface area (Å²) < 4.78 is 0. The Labute approximate surface area is 173 Å². The number of nitrogens with one attached hydrogen (secondary N) is 1. The van der Waals surface area contributed by atoms with Crippen molar-refractivity contribution in [3.63, 3.8) is 0 Å². The number of hydrogen-bond donors (Lipinski definition) is 1. The van der Waals surface area contributed by atoms with Gasteiger partial charge >= 0.3 is 0 Å². The van der Waals surface area contributed by atoms with Crippen LogP contribution in [0.4, 0.5) is 5.69 Å². The lowest BCUT2D eigenvalue weighted by molar-refractivity contribution is -0.112. The summed E-state index contributed by atoms with van der Waals surface area (Å²) in [6.45, 7) is 1.62. The molecule has 0 spiro atoms. The number of benzene rings is 2. The van der Waals surface area contributed by atoms with E-state index in [1.54, 1.807) is 12.1 Å². The van der Waals surface area contributed by atoms with Gasteiger partial charge in [0.25, 0.3) is 11.8 Å². The first-order chi connectivity index (χ1) is 13.6. The predicted molar refractivity (Wildman–Crippen MR) is 115 cm³/mol. The minimum absolute atomic E-state index is 0.0456. The van der Waals surface area contributed by atoms with E-state index in [9.17, 15) is 9.59 Å². The Bertz CT molecular complexity index is 949. The highest BCUT2D eigenvalue weighted by atomic mass is 35.5. The highest BCUT2D eigenvalue weighted by Gasteiger charge is 2.24. The molecule has 0 aliphatic carbocycles. The molecule has 0 saturated carbocycles. The van der Waals surface area contributed by atoms with Gasteiger partial charge in [-0.05, 0) is 54.8 Å². The van der Waals surface area contributed by atoms with Gasteiger partial charge in [-0.3, -0.25) is 9.59 Å². The average Bonchev–Trinajstić information content (AvgIpc) is 2.97. The molecule has 1 fully saturated rings. The number of nitrogens with zero attached hydrogens (tertiary/aromatic N) is 1. The minimum Gasteiger partial charge on any atom is -0.339 e. The molecule has 0 unspecified atom stereocenters.